The van der Waals surface area contributed by atoms with Crippen LogP contribution in [0.5, 0.6) is 0 Å². The summed E-state index contributed by atoms with van der Waals surface area (Å²) in [7, 11) is 0. The van der Waals surface area contributed by atoms with Crippen molar-refractivity contribution in [2.45, 2.75) is 40.2 Å². The van der Waals surface area contributed by atoms with Crippen molar-refractivity contribution >= 4 is 11.6 Å². The van der Waals surface area contributed by atoms with Crippen LogP contribution in [-0.4, -0.2) is 20.6 Å². The highest BCUT2D eigenvalue weighted by Crippen LogP contribution is 2.12. The molecule has 1 atom stereocenters. The fraction of sp³-hybridized carbons (Fsp3) is 0.818. The van der Waals surface area contributed by atoms with Crippen LogP contribution in [0.15, 0.2) is 6.33 Å². The minimum atomic E-state index is 0.516. The summed E-state index contributed by atoms with van der Waals surface area (Å²) in [4.78, 5) is 4.30. The molecule has 0 aromatic carbocycles. The Labute approximate surface area is 96.8 Å². The van der Waals surface area contributed by atoms with Crippen molar-refractivity contribution in [3.8, 4) is 0 Å². The van der Waals surface area contributed by atoms with Crippen molar-refractivity contribution in [3.05, 3.63) is 12.2 Å². The van der Waals surface area contributed by atoms with Gasteiger partial charge >= 0.3 is 0 Å². The zero-order valence-electron chi connectivity index (χ0n) is 9.78. The number of hydrogen-bond acceptors (Lipinski definition) is 2. The fourth-order valence-electron chi connectivity index (χ4n) is 1.51. The molecule has 86 valence electrons. The first-order valence-corrected chi connectivity index (χ1v) is 6.13. The van der Waals surface area contributed by atoms with Crippen LogP contribution >= 0.6 is 11.6 Å². The average Bonchev–Trinajstić information content (AvgIpc) is 2.61. The topological polar surface area (TPSA) is 30.7 Å². The molecule has 0 bridgehead atoms. The molecule has 1 heterocycles. The molecule has 0 aliphatic carbocycles. The maximum Gasteiger partial charge on any atom is 0.138 e. The quantitative estimate of drug-likeness (QED) is 0.703. The molecule has 1 unspecified atom stereocenters. The van der Waals surface area contributed by atoms with Gasteiger partial charge in [0, 0.05) is 18.8 Å². The van der Waals surface area contributed by atoms with Gasteiger partial charge in [-0.1, -0.05) is 27.2 Å². The van der Waals surface area contributed by atoms with Crippen molar-refractivity contribution in [2.75, 3.05) is 5.88 Å². The van der Waals surface area contributed by atoms with Gasteiger partial charge in [-0.2, -0.15) is 5.10 Å². The molecule has 0 amide bonds. The van der Waals surface area contributed by atoms with E-state index in [9.17, 15) is 0 Å². The predicted molar refractivity (Wildman–Crippen MR) is 63.1 cm³/mol. The highest BCUT2D eigenvalue weighted by Gasteiger charge is 2.11. The first-order chi connectivity index (χ1) is 7.17. The third-order valence-corrected chi connectivity index (χ3v) is 2.94. The van der Waals surface area contributed by atoms with Crippen LogP contribution in [0.1, 0.15) is 33.0 Å². The van der Waals surface area contributed by atoms with E-state index < -0.39 is 0 Å². The van der Waals surface area contributed by atoms with Gasteiger partial charge in [-0.05, 0) is 11.8 Å². The van der Waals surface area contributed by atoms with E-state index in [1.807, 2.05) is 4.68 Å². The summed E-state index contributed by atoms with van der Waals surface area (Å²) in [6.07, 6.45) is 3.67. The second-order valence-electron chi connectivity index (χ2n) is 4.38. The molecule has 1 aromatic rings. The number of aromatic nitrogens is 3. The van der Waals surface area contributed by atoms with Crippen LogP contribution in [0.4, 0.5) is 0 Å². The lowest BCUT2D eigenvalue weighted by atomic mass is 10.0. The van der Waals surface area contributed by atoms with E-state index in [2.05, 4.69) is 30.9 Å². The van der Waals surface area contributed by atoms with Gasteiger partial charge in [-0.3, -0.25) is 0 Å². The molecule has 0 aliphatic heterocycles. The van der Waals surface area contributed by atoms with Gasteiger partial charge in [-0.25, -0.2) is 9.67 Å². The normalized spacial score (nSPS) is 13.4. The second-order valence-corrected chi connectivity index (χ2v) is 4.69. The van der Waals surface area contributed by atoms with E-state index in [1.165, 1.54) is 0 Å². The summed E-state index contributed by atoms with van der Waals surface area (Å²) < 4.78 is 2.00. The minimum absolute atomic E-state index is 0.516. The Bertz CT molecular complexity index is 279. The molecule has 0 saturated heterocycles. The number of rotatable bonds is 6. The van der Waals surface area contributed by atoms with E-state index >= 15 is 0 Å². The standard InChI is InChI=1S/C11H20ClN3/c1-4-10(6-12)5-11-13-8-14-15(11)7-9(2)3/h8-10H,4-7H2,1-3H3. The molecule has 0 spiro atoms. The lowest BCUT2D eigenvalue weighted by Crippen LogP contribution is -2.14. The Morgan fingerprint density at radius 1 is 1.47 bits per heavy atom. The Hall–Kier alpha value is -0.570. The zero-order valence-corrected chi connectivity index (χ0v) is 10.5. The van der Waals surface area contributed by atoms with Gasteiger partial charge in [0.2, 0.25) is 0 Å². The highest BCUT2D eigenvalue weighted by atomic mass is 35.5. The first kappa shape index (κ1) is 12.5. The van der Waals surface area contributed by atoms with Gasteiger partial charge in [-0.15, -0.1) is 11.6 Å². The van der Waals surface area contributed by atoms with E-state index in [0.29, 0.717) is 17.7 Å². The fourth-order valence-corrected chi connectivity index (χ4v) is 1.84. The largest absolute Gasteiger partial charge is 0.250 e. The minimum Gasteiger partial charge on any atom is -0.250 e. The summed E-state index contributed by atoms with van der Waals surface area (Å²) in [6.45, 7) is 7.47. The summed E-state index contributed by atoms with van der Waals surface area (Å²) >= 11 is 5.89. The number of nitrogens with zero attached hydrogens (tertiary/aromatic N) is 3. The molecular formula is C11H20ClN3. The lowest BCUT2D eigenvalue weighted by Gasteiger charge is -2.12. The Morgan fingerprint density at radius 3 is 2.73 bits per heavy atom. The molecular weight excluding hydrogens is 210 g/mol. The lowest BCUT2D eigenvalue weighted by molar-refractivity contribution is 0.445. The summed E-state index contributed by atoms with van der Waals surface area (Å²) in [5, 5.41) is 4.24. The van der Waals surface area contributed by atoms with Gasteiger partial charge in [0.15, 0.2) is 0 Å². The molecule has 1 rings (SSSR count). The van der Waals surface area contributed by atoms with Crippen LogP contribution in [0.2, 0.25) is 0 Å². The predicted octanol–water partition coefficient (Wildman–Crippen LogP) is 2.74. The number of halogens is 1. The molecule has 1 aromatic heterocycles. The maximum atomic E-state index is 5.89. The van der Waals surface area contributed by atoms with Crippen LogP contribution < -0.4 is 0 Å². The summed E-state index contributed by atoms with van der Waals surface area (Å²) in [5.74, 6) is 2.88. The van der Waals surface area contributed by atoms with E-state index in [1.54, 1.807) is 6.33 Å². The number of hydrogen-bond donors (Lipinski definition) is 0. The molecule has 0 fully saturated rings. The highest BCUT2D eigenvalue weighted by molar-refractivity contribution is 6.18. The smallest absolute Gasteiger partial charge is 0.138 e. The first-order valence-electron chi connectivity index (χ1n) is 5.60. The molecule has 4 heteroatoms. The Kier molecular flexibility index (Phi) is 5.09. The Balaban J connectivity index is 2.63. The van der Waals surface area contributed by atoms with Crippen molar-refractivity contribution in [3.63, 3.8) is 0 Å². The van der Waals surface area contributed by atoms with Crippen molar-refractivity contribution < 1.29 is 0 Å². The second kappa shape index (κ2) is 6.11. The van der Waals surface area contributed by atoms with Crippen LogP contribution in [0.25, 0.3) is 0 Å². The van der Waals surface area contributed by atoms with Crippen molar-refractivity contribution in [1.29, 1.82) is 0 Å². The van der Waals surface area contributed by atoms with Gasteiger partial charge in [0.05, 0.1) is 0 Å². The van der Waals surface area contributed by atoms with Gasteiger partial charge in [0.1, 0.15) is 12.2 Å². The molecule has 0 aliphatic rings. The monoisotopic (exact) mass is 229 g/mol. The Morgan fingerprint density at radius 2 is 2.20 bits per heavy atom. The van der Waals surface area contributed by atoms with Gasteiger partial charge < -0.3 is 0 Å². The van der Waals surface area contributed by atoms with Crippen LogP contribution in [0.3, 0.4) is 0 Å². The zero-order chi connectivity index (χ0) is 11.3. The molecule has 0 radical (unpaired) electrons. The average molecular weight is 230 g/mol. The van der Waals surface area contributed by atoms with E-state index in [0.717, 1.165) is 25.2 Å². The third kappa shape index (κ3) is 3.82. The third-order valence-electron chi connectivity index (χ3n) is 2.50. The van der Waals surface area contributed by atoms with Crippen LogP contribution in [-0.2, 0) is 13.0 Å². The molecule has 0 N–H and O–H groups in total. The van der Waals surface area contributed by atoms with Crippen molar-refractivity contribution in [1.82, 2.24) is 14.8 Å². The van der Waals surface area contributed by atoms with E-state index in [-0.39, 0.29) is 0 Å². The summed E-state index contributed by atoms with van der Waals surface area (Å²) in [6, 6.07) is 0. The number of alkyl halides is 1. The molecule has 3 nitrogen and oxygen atoms in total. The van der Waals surface area contributed by atoms with Gasteiger partial charge in [0.25, 0.3) is 0 Å². The molecule has 0 saturated carbocycles. The SMILES string of the molecule is CCC(CCl)Cc1ncnn1CC(C)C. The maximum absolute atomic E-state index is 5.89. The van der Waals surface area contributed by atoms with Crippen LogP contribution in [0, 0.1) is 11.8 Å². The van der Waals surface area contributed by atoms with Crippen molar-refractivity contribution in [2.24, 2.45) is 11.8 Å². The molecule has 15 heavy (non-hydrogen) atoms. The summed E-state index contributed by atoms with van der Waals surface area (Å²) in [5.41, 5.74) is 0. The van der Waals surface area contributed by atoms with E-state index in [4.69, 9.17) is 11.6 Å².